The first kappa shape index (κ1) is 57.0. The van der Waals surface area contributed by atoms with Crippen molar-refractivity contribution in [3.05, 3.63) is 262 Å². The Kier molecular flexibility index (Phi) is 19.7. The Morgan fingerprint density at radius 1 is 0.301 bits per heavy atom. The summed E-state index contributed by atoms with van der Waals surface area (Å²) >= 11 is 0. The van der Waals surface area contributed by atoms with Gasteiger partial charge in [-0.05, 0) is 147 Å². The monoisotopic (exact) mass is 1120 g/mol. The second kappa shape index (κ2) is 25.3. The summed E-state index contributed by atoms with van der Waals surface area (Å²) in [5.41, 5.74) is 27.6. The van der Waals surface area contributed by atoms with Gasteiger partial charge in [-0.2, -0.15) is 0 Å². The predicted molar refractivity (Wildman–Crippen MR) is 309 cm³/mol. The van der Waals surface area contributed by atoms with E-state index < -0.39 is 15.8 Å². The topological polar surface area (TPSA) is 52.0 Å². The van der Waals surface area contributed by atoms with E-state index in [4.69, 9.17) is 11.5 Å². The van der Waals surface area contributed by atoms with Crippen molar-refractivity contribution >= 4 is 69.2 Å². The van der Waals surface area contributed by atoms with Gasteiger partial charge in [-0.3, -0.25) is 0 Å². The molecule has 7 heteroatoms. The van der Waals surface area contributed by atoms with Crippen LogP contribution < -0.4 is 68.1 Å². The SMILES string of the molecule is Cc1cc(C)cc(P(c2cc(C)cc(C)c2)c2ccc3ccccc3c2-c2c(P(c3cc(C)cc(C)c3)c3cc(C)cc(C)c3)ccc3ccccc23)c1.N[C@H](c1ccccc1)[C@H](N)c1ccccc1.[Cl-].[Cl-].[Ru+2]. The van der Waals surface area contributed by atoms with Crippen molar-refractivity contribution in [2.24, 2.45) is 11.5 Å². The molecule has 10 aromatic carbocycles. The molecule has 0 unspecified atom stereocenters. The van der Waals surface area contributed by atoms with Crippen LogP contribution in [0.25, 0.3) is 32.7 Å². The van der Waals surface area contributed by atoms with Crippen molar-refractivity contribution in [2.45, 2.75) is 67.5 Å². The molecule has 0 aliphatic heterocycles. The number of hydrogen-bond acceptors (Lipinski definition) is 2. The van der Waals surface area contributed by atoms with Crippen molar-refractivity contribution in [2.75, 3.05) is 0 Å². The smallest absolute Gasteiger partial charge is 1.00 e. The number of benzene rings is 10. The molecule has 0 aliphatic carbocycles. The maximum Gasteiger partial charge on any atom is 2.00 e. The van der Waals surface area contributed by atoms with E-state index in [0.29, 0.717) is 0 Å². The van der Waals surface area contributed by atoms with Gasteiger partial charge in [0.05, 0.1) is 0 Å². The Bertz CT molecular complexity index is 3070. The average Bonchev–Trinajstić information content (AvgIpc) is 3.33. The van der Waals surface area contributed by atoms with Crippen molar-refractivity contribution < 1.29 is 44.3 Å². The Balaban J connectivity index is 0.000000391. The Hall–Kier alpha value is -5.30. The van der Waals surface area contributed by atoms with Crippen LogP contribution >= 0.6 is 15.8 Å². The maximum atomic E-state index is 6.15. The van der Waals surface area contributed by atoms with E-state index in [-0.39, 0.29) is 56.4 Å². The molecule has 10 rings (SSSR count). The number of rotatable bonds is 10. The fourth-order valence-corrected chi connectivity index (χ4v) is 16.1. The molecule has 0 fully saturated rings. The first-order valence-corrected chi connectivity index (χ1v) is 27.1. The van der Waals surface area contributed by atoms with Gasteiger partial charge in [0, 0.05) is 12.1 Å². The molecule has 0 saturated carbocycles. The van der Waals surface area contributed by atoms with Crippen LogP contribution in [0.15, 0.2) is 206 Å². The fraction of sp³-hybridized carbons (Fsp3) is 0.152. The van der Waals surface area contributed by atoms with Gasteiger partial charge < -0.3 is 36.3 Å². The zero-order valence-electron chi connectivity index (χ0n) is 42.9. The summed E-state index contributed by atoms with van der Waals surface area (Å²) in [5, 5.41) is 13.6. The molecule has 10 aromatic rings. The van der Waals surface area contributed by atoms with Gasteiger partial charge in [-0.1, -0.05) is 251 Å². The molecule has 73 heavy (non-hydrogen) atoms. The Labute approximate surface area is 462 Å². The third kappa shape index (κ3) is 13.0. The normalized spacial score (nSPS) is 11.8. The van der Waals surface area contributed by atoms with Gasteiger partial charge in [0.25, 0.3) is 0 Å². The molecule has 0 amide bonds. The second-order valence-corrected chi connectivity index (χ2v) is 23.7. The predicted octanol–water partition coefficient (Wildman–Crippen LogP) is 8.04. The summed E-state index contributed by atoms with van der Waals surface area (Å²) in [6, 6.07) is 76.2. The summed E-state index contributed by atoms with van der Waals surface area (Å²) in [6.45, 7) is 18.0. The summed E-state index contributed by atoms with van der Waals surface area (Å²) in [7, 11) is -1.87. The molecular formula is C66H64Cl2N2P2Ru. The Morgan fingerprint density at radius 3 is 0.822 bits per heavy atom. The van der Waals surface area contributed by atoms with Crippen molar-refractivity contribution in [3.8, 4) is 11.1 Å². The summed E-state index contributed by atoms with van der Waals surface area (Å²) in [6.07, 6.45) is 0. The van der Waals surface area contributed by atoms with E-state index in [0.717, 1.165) is 11.1 Å². The number of hydrogen-bond donors (Lipinski definition) is 2. The van der Waals surface area contributed by atoms with E-state index in [1.54, 1.807) is 0 Å². The van der Waals surface area contributed by atoms with Gasteiger partial charge >= 0.3 is 19.5 Å². The van der Waals surface area contributed by atoms with E-state index in [1.807, 2.05) is 60.7 Å². The van der Waals surface area contributed by atoms with Crippen LogP contribution in [0, 0.1) is 55.4 Å². The quantitative estimate of drug-likeness (QED) is 0.108. The average molecular weight is 1120 g/mol. The molecule has 370 valence electrons. The van der Waals surface area contributed by atoms with Crippen molar-refractivity contribution in [1.82, 2.24) is 0 Å². The molecule has 2 atom stereocenters. The maximum absolute atomic E-state index is 6.15. The van der Waals surface area contributed by atoms with Gasteiger partial charge in [0.15, 0.2) is 0 Å². The molecule has 0 heterocycles. The number of fused-ring (bicyclic) bond motifs is 2. The molecule has 0 saturated heterocycles. The molecule has 0 aromatic heterocycles. The van der Waals surface area contributed by atoms with Crippen LogP contribution in [-0.2, 0) is 19.5 Å². The molecule has 0 aliphatic rings. The zero-order valence-corrected chi connectivity index (χ0v) is 48.0. The zero-order chi connectivity index (χ0) is 49.1. The number of aryl methyl sites for hydroxylation is 8. The molecule has 2 nitrogen and oxygen atoms in total. The molecule has 0 bridgehead atoms. The number of halogens is 2. The van der Waals surface area contributed by atoms with Gasteiger partial charge in [-0.15, -0.1) is 0 Å². The van der Waals surface area contributed by atoms with Gasteiger partial charge in [-0.25, -0.2) is 0 Å². The van der Waals surface area contributed by atoms with Gasteiger partial charge in [0.2, 0.25) is 0 Å². The van der Waals surface area contributed by atoms with E-state index in [2.05, 4.69) is 201 Å². The minimum Gasteiger partial charge on any atom is -1.00 e. The van der Waals surface area contributed by atoms with Crippen LogP contribution in [-0.4, -0.2) is 0 Å². The van der Waals surface area contributed by atoms with E-state index in [9.17, 15) is 0 Å². The molecule has 0 spiro atoms. The van der Waals surface area contributed by atoms with Crippen LogP contribution in [0.4, 0.5) is 0 Å². The third-order valence-corrected chi connectivity index (χ3v) is 18.0. The van der Waals surface area contributed by atoms with Crippen molar-refractivity contribution in [1.29, 1.82) is 0 Å². The summed E-state index contributed by atoms with van der Waals surface area (Å²) in [5.74, 6) is 0. The molecule has 0 radical (unpaired) electrons. The minimum atomic E-state index is -0.937. The first-order valence-electron chi connectivity index (χ1n) is 24.4. The molecular weight excluding hydrogens is 1050 g/mol. The second-order valence-electron chi connectivity index (χ2n) is 19.3. The van der Waals surface area contributed by atoms with Crippen LogP contribution in [0.2, 0.25) is 0 Å². The molecule has 4 N–H and O–H groups in total. The summed E-state index contributed by atoms with van der Waals surface area (Å²) < 4.78 is 0. The van der Waals surface area contributed by atoms with E-state index >= 15 is 0 Å². The minimum absolute atomic E-state index is 0. The first-order chi connectivity index (χ1) is 33.8. The van der Waals surface area contributed by atoms with Crippen LogP contribution in [0.1, 0.15) is 67.7 Å². The van der Waals surface area contributed by atoms with Crippen LogP contribution in [0.3, 0.4) is 0 Å². The largest absolute Gasteiger partial charge is 2.00 e. The van der Waals surface area contributed by atoms with E-state index in [1.165, 1.54) is 109 Å². The summed E-state index contributed by atoms with van der Waals surface area (Å²) in [4.78, 5) is 0. The fourth-order valence-electron chi connectivity index (χ4n) is 10.4. The van der Waals surface area contributed by atoms with Crippen LogP contribution in [0.5, 0.6) is 0 Å². The van der Waals surface area contributed by atoms with Crippen molar-refractivity contribution in [3.63, 3.8) is 0 Å². The third-order valence-electron chi connectivity index (χ3n) is 13.2. The standard InChI is InChI=1S/C52H48P2.C14H16N2.2ClH.Ru/c1-33-21-34(2)26-43(25-33)53(44-27-35(3)22-36(4)28-44)49-19-17-41-13-9-11-15-47(41)51(49)52-48-16-12-10-14-42(48)18-20-50(52)54(45-29-37(5)23-38(6)30-45)46-31-39(7)24-40(8)32-46;15-13(11-7-3-1-4-8-11)14(16)12-9-5-2-6-10-12;;;/h9-32H,1-8H3;1-10,13-14H,15-16H2;2*1H;/q;;;;+2/p-2/t;13-,14-;;;/m.1.../s1. The van der Waals surface area contributed by atoms with Gasteiger partial charge in [0.1, 0.15) is 0 Å². The number of nitrogens with two attached hydrogens (primary N) is 2. The Morgan fingerprint density at radius 2 is 0.548 bits per heavy atom.